The first-order valence-corrected chi connectivity index (χ1v) is 14.8. The number of aliphatic hydroxyl groups excluding tert-OH is 1. The van der Waals surface area contributed by atoms with Gasteiger partial charge < -0.3 is 21.1 Å². The average molecular weight is 527 g/mol. The topological polar surface area (TPSA) is 85.8 Å². The highest BCUT2D eigenvalue weighted by Gasteiger charge is 2.24. The standard InChI is InChI=1S/C33H42N4O2/c38-23-24-16-19-30(20-17-24)34-32(39)31(22-25-15-18-26-9-7-8-10-27(26)21-25)37-33(35-28-11-3-1-4-12-28)36-29-13-5-2-6-14-29/h7-10,15-21,28-29,31,38H,1-6,11-14,22-23H2,(H,34,39)(H2,35,36,37)/t31-/m1/s1. The first-order chi connectivity index (χ1) is 19.2. The smallest absolute Gasteiger partial charge is 0.247 e. The number of carbonyl (C=O) groups is 1. The van der Waals surface area contributed by atoms with Crippen molar-refractivity contribution in [3.8, 4) is 0 Å². The predicted molar refractivity (Wildman–Crippen MR) is 160 cm³/mol. The van der Waals surface area contributed by atoms with Crippen LogP contribution >= 0.6 is 0 Å². The minimum absolute atomic E-state index is 0.0196. The molecule has 0 unspecified atom stereocenters. The van der Waals surface area contributed by atoms with Crippen LogP contribution in [0, 0.1) is 0 Å². The summed E-state index contributed by atoms with van der Waals surface area (Å²) in [5.41, 5.74) is 2.64. The quantitative estimate of drug-likeness (QED) is 0.212. The molecule has 6 heteroatoms. The highest BCUT2D eigenvalue weighted by Crippen LogP contribution is 2.22. The number of guanidine groups is 1. The van der Waals surface area contributed by atoms with E-state index >= 15 is 0 Å². The normalized spacial score (nSPS) is 18.0. The molecule has 0 bridgehead atoms. The van der Waals surface area contributed by atoms with Crippen molar-refractivity contribution in [2.75, 3.05) is 5.32 Å². The molecule has 0 saturated heterocycles. The van der Waals surface area contributed by atoms with E-state index in [0.29, 0.717) is 24.2 Å². The van der Waals surface area contributed by atoms with Crippen molar-refractivity contribution in [1.82, 2.24) is 10.6 Å². The Bertz CT molecular complexity index is 1240. The van der Waals surface area contributed by atoms with Gasteiger partial charge in [-0.1, -0.05) is 93.1 Å². The van der Waals surface area contributed by atoms with Gasteiger partial charge in [0.15, 0.2) is 5.96 Å². The van der Waals surface area contributed by atoms with E-state index in [1.807, 2.05) is 36.4 Å². The molecule has 0 radical (unpaired) electrons. The molecule has 0 aliphatic heterocycles. The summed E-state index contributed by atoms with van der Waals surface area (Å²) in [6.45, 7) is -0.0196. The van der Waals surface area contributed by atoms with Crippen LogP contribution < -0.4 is 16.0 Å². The number of anilines is 1. The number of hydrogen-bond donors (Lipinski definition) is 4. The van der Waals surface area contributed by atoms with Crippen LogP contribution in [0.4, 0.5) is 5.69 Å². The first kappa shape index (κ1) is 27.2. The number of rotatable bonds is 8. The second-order valence-electron chi connectivity index (χ2n) is 11.2. The summed E-state index contributed by atoms with van der Waals surface area (Å²) < 4.78 is 0. The van der Waals surface area contributed by atoms with Crippen LogP contribution in [0.1, 0.15) is 75.3 Å². The Morgan fingerprint density at radius 1 is 0.821 bits per heavy atom. The second kappa shape index (κ2) is 13.6. The molecule has 2 aliphatic carbocycles. The van der Waals surface area contributed by atoms with Gasteiger partial charge in [-0.3, -0.25) is 4.79 Å². The number of aliphatic imine (C=N–C) groups is 1. The summed E-state index contributed by atoms with van der Waals surface area (Å²) >= 11 is 0. The van der Waals surface area contributed by atoms with Gasteiger partial charge in [-0.25, -0.2) is 4.99 Å². The van der Waals surface area contributed by atoms with E-state index in [-0.39, 0.29) is 12.5 Å². The van der Waals surface area contributed by atoms with Crippen molar-refractivity contribution in [3.63, 3.8) is 0 Å². The Morgan fingerprint density at radius 3 is 2.21 bits per heavy atom. The number of benzene rings is 3. The minimum Gasteiger partial charge on any atom is -0.392 e. The van der Waals surface area contributed by atoms with Crippen LogP contribution in [0.5, 0.6) is 0 Å². The third-order valence-corrected chi connectivity index (χ3v) is 8.12. The van der Waals surface area contributed by atoms with E-state index in [1.54, 1.807) is 0 Å². The summed E-state index contributed by atoms with van der Waals surface area (Å²) in [5.74, 6) is 0.673. The van der Waals surface area contributed by atoms with Crippen molar-refractivity contribution in [3.05, 3.63) is 77.9 Å². The molecule has 39 heavy (non-hydrogen) atoms. The van der Waals surface area contributed by atoms with Gasteiger partial charge in [0.05, 0.1) is 12.6 Å². The van der Waals surface area contributed by atoms with E-state index < -0.39 is 6.04 Å². The SMILES string of the molecule is O=C(Nc1ccc(CO)cc1)[C@@H](Cc1ccc2ccccc2c1)NC(=NC1CCCCC1)NC1CCCCC1. The van der Waals surface area contributed by atoms with Crippen molar-refractivity contribution in [2.24, 2.45) is 4.99 Å². The molecule has 1 atom stereocenters. The van der Waals surface area contributed by atoms with Crippen LogP contribution in [-0.2, 0) is 17.8 Å². The van der Waals surface area contributed by atoms with E-state index in [9.17, 15) is 9.90 Å². The minimum atomic E-state index is -0.498. The molecule has 0 aromatic heterocycles. The molecule has 6 nitrogen and oxygen atoms in total. The summed E-state index contributed by atoms with van der Waals surface area (Å²) in [6, 6.07) is 22.3. The van der Waals surface area contributed by atoms with Crippen LogP contribution in [0.15, 0.2) is 71.7 Å². The predicted octanol–water partition coefficient (Wildman–Crippen LogP) is 6.08. The van der Waals surface area contributed by atoms with E-state index in [2.05, 4.69) is 46.3 Å². The van der Waals surface area contributed by atoms with Gasteiger partial charge in [0, 0.05) is 18.2 Å². The molecule has 2 aliphatic rings. The van der Waals surface area contributed by atoms with Gasteiger partial charge in [-0.2, -0.15) is 0 Å². The summed E-state index contributed by atoms with van der Waals surface area (Å²) in [6.07, 6.45) is 12.5. The zero-order valence-electron chi connectivity index (χ0n) is 22.9. The fraction of sp³-hybridized carbons (Fsp3) is 0.455. The maximum Gasteiger partial charge on any atom is 0.247 e. The molecule has 5 rings (SSSR count). The van der Waals surface area contributed by atoms with Crippen LogP contribution in [-0.4, -0.2) is 35.1 Å². The molecule has 1 amide bonds. The lowest BCUT2D eigenvalue weighted by Gasteiger charge is -2.29. The molecule has 0 spiro atoms. The number of nitrogens with one attached hydrogen (secondary N) is 3. The van der Waals surface area contributed by atoms with Crippen molar-refractivity contribution in [1.29, 1.82) is 0 Å². The Balaban J connectivity index is 1.40. The van der Waals surface area contributed by atoms with Crippen LogP contribution in [0.2, 0.25) is 0 Å². The number of carbonyl (C=O) groups excluding carboxylic acids is 1. The highest BCUT2D eigenvalue weighted by atomic mass is 16.3. The zero-order chi connectivity index (χ0) is 26.9. The lowest BCUT2D eigenvalue weighted by Crippen LogP contribution is -2.53. The van der Waals surface area contributed by atoms with Crippen molar-refractivity contribution >= 4 is 28.3 Å². The first-order valence-electron chi connectivity index (χ1n) is 14.8. The summed E-state index contributed by atoms with van der Waals surface area (Å²) in [5, 5.41) is 22.1. The molecular formula is C33H42N4O2. The van der Waals surface area contributed by atoms with Crippen molar-refractivity contribution < 1.29 is 9.90 Å². The van der Waals surface area contributed by atoms with Gasteiger partial charge in [0.1, 0.15) is 6.04 Å². The zero-order valence-corrected chi connectivity index (χ0v) is 22.9. The fourth-order valence-corrected chi connectivity index (χ4v) is 5.85. The molecular weight excluding hydrogens is 484 g/mol. The number of hydrogen-bond acceptors (Lipinski definition) is 3. The monoisotopic (exact) mass is 526 g/mol. The van der Waals surface area contributed by atoms with Crippen LogP contribution in [0.3, 0.4) is 0 Å². The highest BCUT2D eigenvalue weighted by molar-refractivity contribution is 5.98. The van der Waals surface area contributed by atoms with E-state index in [4.69, 9.17) is 4.99 Å². The molecule has 0 heterocycles. The van der Waals surface area contributed by atoms with Gasteiger partial charge >= 0.3 is 0 Å². The maximum absolute atomic E-state index is 13.7. The average Bonchev–Trinajstić information content (AvgIpc) is 2.98. The fourth-order valence-electron chi connectivity index (χ4n) is 5.85. The number of amides is 1. The maximum atomic E-state index is 13.7. The number of aliphatic hydroxyl groups is 1. The Morgan fingerprint density at radius 2 is 1.49 bits per heavy atom. The Labute approximate surface area is 232 Å². The van der Waals surface area contributed by atoms with Gasteiger partial charge in [-0.05, 0) is 59.7 Å². The lowest BCUT2D eigenvalue weighted by atomic mass is 9.95. The van der Waals surface area contributed by atoms with Crippen molar-refractivity contribution in [2.45, 2.75) is 95.4 Å². The summed E-state index contributed by atoms with van der Waals surface area (Å²) in [7, 11) is 0. The second-order valence-corrected chi connectivity index (χ2v) is 11.2. The molecule has 2 fully saturated rings. The third kappa shape index (κ3) is 7.82. The lowest BCUT2D eigenvalue weighted by molar-refractivity contribution is -0.117. The Hall–Kier alpha value is -3.38. The molecule has 2 saturated carbocycles. The molecule has 4 N–H and O–H groups in total. The third-order valence-electron chi connectivity index (χ3n) is 8.12. The van der Waals surface area contributed by atoms with Gasteiger partial charge in [-0.15, -0.1) is 0 Å². The largest absolute Gasteiger partial charge is 0.392 e. The van der Waals surface area contributed by atoms with Gasteiger partial charge in [0.2, 0.25) is 5.91 Å². The van der Waals surface area contributed by atoms with Crippen LogP contribution in [0.25, 0.3) is 10.8 Å². The molecule has 3 aromatic rings. The number of fused-ring (bicyclic) bond motifs is 1. The number of nitrogens with zero attached hydrogens (tertiary/aromatic N) is 1. The Kier molecular flexibility index (Phi) is 9.49. The van der Waals surface area contributed by atoms with E-state index in [1.165, 1.54) is 49.3 Å². The summed E-state index contributed by atoms with van der Waals surface area (Å²) in [4.78, 5) is 18.9. The van der Waals surface area contributed by atoms with E-state index in [0.717, 1.165) is 42.8 Å². The van der Waals surface area contributed by atoms with Gasteiger partial charge in [0.25, 0.3) is 0 Å². The molecule has 206 valence electrons. The molecule has 3 aromatic carbocycles.